The van der Waals surface area contributed by atoms with Crippen LogP contribution >= 0.6 is 0 Å². The van der Waals surface area contributed by atoms with Crippen molar-refractivity contribution >= 4 is 19.0 Å². The molecule has 0 N–H and O–H groups in total. The van der Waals surface area contributed by atoms with E-state index in [4.69, 9.17) is 0 Å². The van der Waals surface area contributed by atoms with E-state index < -0.39 is 0 Å². The third-order valence-corrected chi connectivity index (χ3v) is 11.6. The van der Waals surface area contributed by atoms with Gasteiger partial charge in [-0.2, -0.15) is 4.24 Å². The minimum absolute atomic E-state index is 0.406. The normalized spacial score (nSPS) is 24.7. The van der Waals surface area contributed by atoms with Crippen molar-refractivity contribution < 1.29 is 13.4 Å². The minimum Gasteiger partial charge on any atom is -0.271 e. The standard InChI is InChI=1S/C48H58N3/c1-8-35(2)46-26-23-38(32-49(46)5)17-20-41-29-42(21-18-39-24-27-47(50(6)33-39)44-15-11-9-13-36(44)3)31-43(30-41)22-19-40-25-28-48(51(7)34-40)45-16-12-10-14-37(45)4/h8-16,23-28,32-34,36,41-43H,5-7,17-22,29-31H2,1-4H3/q+1/b35-8-,47-44-/t36?,41-,42+,43-/m1/s1. The van der Waals surface area contributed by atoms with Gasteiger partial charge in [-0.15, -0.1) is 18.2 Å². The molecule has 1 aromatic carbocycles. The number of rotatable bonds is 11. The molecule has 1 fully saturated rings. The van der Waals surface area contributed by atoms with Crippen LogP contribution in [0, 0.1) is 49.4 Å². The third-order valence-electron chi connectivity index (χ3n) is 11.6. The van der Waals surface area contributed by atoms with Crippen LogP contribution in [0.2, 0.25) is 0 Å². The summed E-state index contributed by atoms with van der Waals surface area (Å²) < 4.78 is 6.22. The quantitative estimate of drug-likeness (QED) is 0.166. The highest BCUT2D eigenvalue weighted by atomic mass is 15.0. The minimum atomic E-state index is 0.406. The van der Waals surface area contributed by atoms with Crippen molar-refractivity contribution in [1.29, 1.82) is 0 Å². The molecule has 2 aromatic rings. The molecule has 0 bridgehead atoms. The van der Waals surface area contributed by atoms with Gasteiger partial charge in [0.1, 0.15) is 31.2 Å². The van der Waals surface area contributed by atoms with Crippen molar-refractivity contribution in [3.8, 4) is 0 Å². The number of hydrogen-bond acceptors (Lipinski definition) is 0. The van der Waals surface area contributed by atoms with E-state index in [0.717, 1.165) is 37.0 Å². The van der Waals surface area contributed by atoms with Crippen LogP contribution in [0.4, 0.5) is 0 Å². The lowest BCUT2D eigenvalue weighted by molar-refractivity contribution is -0.514. The van der Waals surface area contributed by atoms with Crippen molar-refractivity contribution in [2.45, 2.75) is 85.5 Å². The summed E-state index contributed by atoms with van der Waals surface area (Å²) in [7, 11) is 0. The largest absolute Gasteiger partial charge is 0.271 e. The molecule has 1 unspecified atom stereocenters. The van der Waals surface area contributed by atoms with Gasteiger partial charge < -0.3 is 0 Å². The highest BCUT2D eigenvalue weighted by Crippen LogP contribution is 2.41. The van der Waals surface area contributed by atoms with Gasteiger partial charge in [0.2, 0.25) is 5.35 Å². The van der Waals surface area contributed by atoms with E-state index in [1.54, 1.807) is 0 Å². The first-order valence-corrected chi connectivity index (χ1v) is 19.2. The lowest BCUT2D eigenvalue weighted by Gasteiger charge is -2.36. The predicted octanol–water partition coefficient (Wildman–Crippen LogP) is 9.77. The predicted molar refractivity (Wildman–Crippen MR) is 214 cm³/mol. The second-order valence-corrected chi connectivity index (χ2v) is 15.4. The van der Waals surface area contributed by atoms with E-state index in [1.807, 2.05) is 0 Å². The molecule has 1 aromatic heterocycles. The molecule has 4 aliphatic rings. The number of nitrogens with zero attached hydrogens (tertiary/aromatic N) is 3. The number of aryl methyl sites for hydroxylation is 2. The Balaban J connectivity index is 1.11. The summed E-state index contributed by atoms with van der Waals surface area (Å²) in [6.45, 7) is 21.8. The Bertz CT molecular complexity index is 1960. The van der Waals surface area contributed by atoms with Crippen molar-refractivity contribution in [2.24, 2.45) is 23.7 Å². The Morgan fingerprint density at radius 2 is 1.45 bits per heavy atom. The van der Waals surface area contributed by atoms with Gasteiger partial charge in [-0.25, -0.2) is 0 Å². The Hall–Kier alpha value is -4.63. The first-order chi connectivity index (χ1) is 24.7. The molecule has 4 atom stereocenters. The molecule has 3 heterocycles. The first kappa shape index (κ1) is 36.2. The van der Waals surface area contributed by atoms with Gasteiger partial charge in [-0.1, -0.05) is 92.1 Å². The molecule has 264 valence electrons. The van der Waals surface area contributed by atoms with Gasteiger partial charge >= 0.3 is 0 Å². The SMILES string of the molecule is C=[N+]1C=C(CC[C@H]2C[C@@H](CCC3=C[N+](=C)[C-](c4ccccc4C)C=C3)C[C@@H](CCc3cc/c(=C4\C=CC=CC4C)[n+](=C)c3)C2)C=C[C-]1/C(C)=C\C. The molecule has 6 rings (SSSR count). The molecule has 1 saturated carbocycles. The second kappa shape index (κ2) is 16.6. The Morgan fingerprint density at radius 1 is 0.804 bits per heavy atom. The summed E-state index contributed by atoms with van der Waals surface area (Å²) in [4.78, 5) is 0. The monoisotopic (exact) mass is 676 g/mol. The van der Waals surface area contributed by atoms with E-state index in [1.165, 1.54) is 94.9 Å². The van der Waals surface area contributed by atoms with E-state index in [2.05, 4.69) is 171 Å². The summed E-state index contributed by atoms with van der Waals surface area (Å²) in [5.74, 6) is 2.63. The number of pyridine rings is 1. The van der Waals surface area contributed by atoms with Crippen LogP contribution in [-0.2, 0) is 6.42 Å². The van der Waals surface area contributed by atoms with E-state index in [-0.39, 0.29) is 0 Å². The zero-order chi connectivity index (χ0) is 35.9. The molecule has 0 saturated heterocycles. The summed E-state index contributed by atoms with van der Waals surface area (Å²) in [5, 5.41) is 1.21. The number of benzene rings is 1. The summed E-state index contributed by atoms with van der Waals surface area (Å²) in [6.07, 6.45) is 37.8. The second-order valence-electron chi connectivity index (χ2n) is 15.4. The van der Waals surface area contributed by atoms with Crippen molar-refractivity contribution in [3.05, 3.63) is 167 Å². The van der Waals surface area contributed by atoms with Crippen LogP contribution in [0.3, 0.4) is 0 Å². The molecule has 0 radical (unpaired) electrons. The van der Waals surface area contributed by atoms with Crippen molar-refractivity contribution in [3.63, 3.8) is 0 Å². The van der Waals surface area contributed by atoms with Gasteiger partial charge in [-0.3, -0.25) is 9.15 Å². The average Bonchev–Trinajstić information content (AvgIpc) is 3.13. The average molecular weight is 677 g/mol. The maximum Gasteiger partial charge on any atom is 0.213 e. The molecule has 0 amide bonds. The van der Waals surface area contributed by atoms with Gasteiger partial charge in [-0.05, 0) is 106 Å². The van der Waals surface area contributed by atoms with E-state index in [0.29, 0.717) is 5.92 Å². The fraction of sp³-hybridized carbons (Fsp3) is 0.354. The van der Waals surface area contributed by atoms with Crippen LogP contribution < -0.4 is 9.59 Å². The van der Waals surface area contributed by atoms with Crippen molar-refractivity contribution in [1.82, 2.24) is 0 Å². The molecule has 3 nitrogen and oxygen atoms in total. The molecular formula is C48H58N3+. The van der Waals surface area contributed by atoms with Gasteiger partial charge in [0.15, 0.2) is 6.20 Å². The highest BCUT2D eigenvalue weighted by molar-refractivity contribution is 5.61. The fourth-order valence-electron chi connectivity index (χ4n) is 8.59. The van der Waals surface area contributed by atoms with Gasteiger partial charge in [0, 0.05) is 23.1 Å². The van der Waals surface area contributed by atoms with Gasteiger partial charge in [0.05, 0.1) is 13.4 Å². The molecule has 2 aliphatic heterocycles. The summed E-state index contributed by atoms with van der Waals surface area (Å²) in [6, 6.07) is 15.6. The maximum atomic E-state index is 4.40. The Kier molecular flexibility index (Phi) is 11.8. The molecular weight excluding hydrogens is 619 g/mol. The molecule has 3 heteroatoms. The number of aromatic nitrogens is 1. The van der Waals surface area contributed by atoms with Crippen molar-refractivity contribution in [2.75, 3.05) is 0 Å². The van der Waals surface area contributed by atoms with Gasteiger partial charge in [0.25, 0.3) is 0 Å². The summed E-state index contributed by atoms with van der Waals surface area (Å²) in [5.41, 5.74) is 9.29. The lowest BCUT2D eigenvalue weighted by atomic mass is 9.70. The maximum absolute atomic E-state index is 4.40. The molecule has 0 spiro atoms. The van der Waals surface area contributed by atoms with Crippen LogP contribution in [0.25, 0.3) is 5.57 Å². The zero-order valence-corrected chi connectivity index (χ0v) is 31.5. The lowest BCUT2D eigenvalue weighted by Crippen LogP contribution is -2.38. The zero-order valence-electron chi connectivity index (χ0n) is 31.5. The van der Waals surface area contributed by atoms with Crippen LogP contribution in [0.5, 0.6) is 0 Å². The van der Waals surface area contributed by atoms with E-state index in [9.17, 15) is 0 Å². The highest BCUT2D eigenvalue weighted by Gasteiger charge is 2.29. The Morgan fingerprint density at radius 3 is 2.06 bits per heavy atom. The topological polar surface area (TPSA) is 11.9 Å². The van der Waals surface area contributed by atoms with Crippen LogP contribution in [-0.4, -0.2) is 22.6 Å². The molecule has 51 heavy (non-hydrogen) atoms. The third kappa shape index (κ3) is 9.00. The first-order valence-electron chi connectivity index (χ1n) is 19.2. The summed E-state index contributed by atoms with van der Waals surface area (Å²) >= 11 is 0. The number of allylic oxidation sites excluding steroid dienone is 9. The van der Waals surface area contributed by atoms with Crippen LogP contribution in [0.15, 0.2) is 126 Å². The molecule has 2 aliphatic carbocycles. The fourth-order valence-corrected chi connectivity index (χ4v) is 8.59. The smallest absolute Gasteiger partial charge is 0.213 e. The number of hydrogen-bond donors (Lipinski definition) is 0. The van der Waals surface area contributed by atoms with E-state index >= 15 is 0 Å². The van der Waals surface area contributed by atoms with Crippen LogP contribution in [0.1, 0.15) is 88.8 Å². The Labute approximate surface area is 307 Å².